The van der Waals surface area contributed by atoms with Crippen LogP contribution < -0.4 is 10.1 Å². The van der Waals surface area contributed by atoms with Gasteiger partial charge in [0.25, 0.3) is 0 Å². The summed E-state index contributed by atoms with van der Waals surface area (Å²) in [5, 5.41) is 14.7. The number of benzene rings is 2. The molecular weight excluding hydrogens is 344 g/mol. The average molecular weight is 364 g/mol. The highest BCUT2D eigenvalue weighted by Gasteiger charge is 2.25. The number of nitrogens with one attached hydrogen (secondary N) is 1. The first kappa shape index (κ1) is 18.3. The van der Waals surface area contributed by atoms with Crippen molar-refractivity contribution in [3.05, 3.63) is 76.1 Å². The Morgan fingerprint density at radius 3 is 2.41 bits per heavy atom. The minimum absolute atomic E-state index is 0.0816. The molecule has 0 aliphatic heterocycles. The monoisotopic (exact) mass is 364 g/mol. The highest BCUT2D eigenvalue weighted by molar-refractivity contribution is 5.70. The zero-order valence-corrected chi connectivity index (χ0v) is 15.3. The van der Waals surface area contributed by atoms with Crippen LogP contribution in [-0.2, 0) is 0 Å². The van der Waals surface area contributed by atoms with E-state index in [-0.39, 0.29) is 17.4 Å². The number of aromatic nitrogens is 2. The summed E-state index contributed by atoms with van der Waals surface area (Å²) in [6.45, 7) is 6.09. The first-order chi connectivity index (χ1) is 13.0. The maximum absolute atomic E-state index is 11.7. The van der Waals surface area contributed by atoms with E-state index in [1.807, 2.05) is 43.3 Å². The summed E-state index contributed by atoms with van der Waals surface area (Å²) >= 11 is 0. The molecule has 0 atom stereocenters. The van der Waals surface area contributed by atoms with E-state index in [9.17, 15) is 10.1 Å². The van der Waals surface area contributed by atoms with Crippen molar-refractivity contribution in [1.29, 1.82) is 0 Å². The number of para-hydroxylation sites is 1. The lowest BCUT2D eigenvalue weighted by Crippen LogP contribution is -2.04. The Kier molecular flexibility index (Phi) is 5.30. The third kappa shape index (κ3) is 4.20. The lowest BCUT2D eigenvalue weighted by molar-refractivity contribution is -0.385. The number of hydrogen-bond donors (Lipinski definition) is 1. The number of aryl methyl sites for hydroxylation is 1. The van der Waals surface area contributed by atoms with Gasteiger partial charge in [-0.15, -0.1) is 0 Å². The van der Waals surface area contributed by atoms with E-state index in [1.165, 1.54) is 6.33 Å². The highest BCUT2D eigenvalue weighted by Crippen LogP contribution is 2.36. The van der Waals surface area contributed by atoms with Crippen LogP contribution in [0.3, 0.4) is 0 Å². The quantitative estimate of drug-likeness (QED) is 0.468. The fourth-order valence-electron chi connectivity index (χ4n) is 2.57. The van der Waals surface area contributed by atoms with Gasteiger partial charge in [-0.05, 0) is 42.2 Å². The second-order valence-corrected chi connectivity index (χ2v) is 6.40. The minimum Gasteiger partial charge on any atom is -0.434 e. The molecule has 7 nitrogen and oxygen atoms in total. The predicted molar refractivity (Wildman–Crippen MR) is 104 cm³/mol. The number of nitrogens with zero attached hydrogens (tertiary/aromatic N) is 3. The molecule has 0 aliphatic rings. The molecule has 3 rings (SSSR count). The van der Waals surface area contributed by atoms with Crippen LogP contribution in [0.25, 0.3) is 0 Å². The second-order valence-electron chi connectivity index (χ2n) is 6.40. The zero-order chi connectivity index (χ0) is 19.4. The summed E-state index contributed by atoms with van der Waals surface area (Å²) in [5.74, 6) is 0.835. The molecule has 1 N–H and O–H groups in total. The van der Waals surface area contributed by atoms with Crippen molar-refractivity contribution in [2.24, 2.45) is 0 Å². The number of nitro groups is 1. The molecule has 0 aliphatic carbocycles. The number of anilines is 2. The normalized spacial score (nSPS) is 10.7. The van der Waals surface area contributed by atoms with Gasteiger partial charge in [-0.2, -0.15) is 4.98 Å². The first-order valence-corrected chi connectivity index (χ1v) is 8.55. The van der Waals surface area contributed by atoms with Crippen LogP contribution in [0.15, 0.2) is 54.9 Å². The molecule has 1 heterocycles. The van der Waals surface area contributed by atoms with Gasteiger partial charge in [0.1, 0.15) is 12.1 Å². The third-order valence-corrected chi connectivity index (χ3v) is 4.13. The van der Waals surface area contributed by atoms with Crippen molar-refractivity contribution in [1.82, 2.24) is 9.97 Å². The second kappa shape index (κ2) is 7.82. The summed E-state index contributed by atoms with van der Waals surface area (Å²) in [5.41, 5.74) is 2.51. The van der Waals surface area contributed by atoms with Crippen molar-refractivity contribution in [2.45, 2.75) is 26.7 Å². The van der Waals surface area contributed by atoms with Gasteiger partial charge in [0, 0.05) is 5.69 Å². The van der Waals surface area contributed by atoms with Crippen LogP contribution in [0, 0.1) is 17.0 Å². The summed E-state index contributed by atoms with van der Waals surface area (Å²) in [6, 6.07) is 14.9. The van der Waals surface area contributed by atoms with E-state index in [2.05, 4.69) is 29.1 Å². The summed E-state index contributed by atoms with van der Waals surface area (Å²) in [4.78, 5) is 19.1. The van der Waals surface area contributed by atoms with Crippen LogP contribution >= 0.6 is 0 Å². The smallest absolute Gasteiger partial charge is 0.373 e. The third-order valence-electron chi connectivity index (χ3n) is 4.13. The van der Waals surface area contributed by atoms with E-state index in [0.717, 1.165) is 16.8 Å². The molecule has 0 saturated carbocycles. The van der Waals surface area contributed by atoms with Crippen molar-refractivity contribution in [2.75, 3.05) is 5.32 Å². The zero-order valence-electron chi connectivity index (χ0n) is 15.3. The van der Waals surface area contributed by atoms with Crippen LogP contribution in [0.4, 0.5) is 17.2 Å². The van der Waals surface area contributed by atoms with E-state index in [1.54, 1.807) is 12.1 Å². The Bertz CT molecular complexity index is 956. The largest absolute Gasteiger partial charge is 0.434 e. The Morgan fingerprint density at radius 2 is 1.78 bits per heavy atom. The molecular formula is C20H20N4O3. The van der Waals surface area contributed by atoms with E-state index >= 15 is 0 Å². The van der Waals surface area contributed by atoms with Gasteiger partial charge in [-0.25, -0.2) is 4.98 Å². The Labute approximate surface area is 157 Å². The fraction of sp³-hybridized carbons (Fsp3) is 0.200. The molecule has 2 aromatic carbocycles. The summed E-state index contributed by atoms with van der Waals surface area (Å²) in [6.07, 6.45) is 1.24. The van der Waals surface area contributed by atoms with Crippen molar-refractivity contribution < 1.29 is 9.66 Å². The maximum atomic E-state index is 11.7. The predicted octanol–water partition coefficient (Wildman–Crippen LogP) is 5.35. The molecule has 0 fully saturated rings. The summed E-state index contributed by atoms with van der Waals surface area (Å²) in [7, 11) is 0. The molecule has 27 heavy (non-hydrogen) atoms. The highest BCUT2D eigenvalue weighted by atomic mass is 16.6. The van der Waals surface area contributed by atoms with E-state index < -0.39 is 4.92 Å². The van der Waals surface area contributed by atoms with Gasteiger partial charge in [-0.1, -0.05) is 44.2 Å². The first-order valence-electron chi connectivity index (χ1n) is 8.55. The van der Waals surface area contributed by atoms with Gasteiger partial charge in [0.15, 0.2) is 0 Å². The van der Waals surface area contributed by atoms with Gasteiger partial charge < -0.3 is 10.1 Å². The van der Waals surface area contributed by atoms with Gasteiger partial charge in [0.05, 0.1) is 4.92 Å². The molecule has 0 amide bonds. The molecule has 0 saturated heterocycles. The number of hydrogen-bond acceptors (Lipinski definition) is 6. The Hall–Kier alpha value is -3.48. The lowest BCUT2D eigenvalue weighted by atomic mass is 10.0. The fourth-order valence-corrected chi connectivity index (χ4v) is 2.57. The van der Waals surface area contributed by atoms with Crippen LogP contribution in [0.1, 0.15) is 30.9 Å². The number of rotatable bonds is 6. The van der Waals surface area contributed by atoms with Crippen molar-refractivity contribution >= 4 is 17.2 Å². The van der Waals surface area contributed by atoms with Gasteiger partial charge in [0.2, 0.25) is 5.82 Å². The molecule has 0 spiro atoms. The topological polar surface area (TPSA) is 90.2 Å². The average Bonchev–Trinajstić information content (AvgIpc) is 2.64. The molecule has 7 heteroatoms. The van der Waals surface area contributed by atoms with E-state index in [0.29, 0.717) is 11.7 Å². The molecule has 1 aromatic heterocycles. The minimum atomic E-state index is -0.543. The Balaban J connectivity index is 1.94. The van der Waals surface area contributed by atoms with Crippen LogP contribution in [0.5, 0.6) is 11.6 Å². The molecule has 138 valence electrons. The SMILES string of the molecule is Cc1ccccc1Nc1ncnc(Oc2ccc(C(C)C)cc2)c1[N+](=O)[O-]. The van der Waals surface area contributed by atoms with Crippen LogP contribution in [0.2, 0.25) is 0 Å². The lowest BCUT2D eigenvalue weighted by Gasteiger charge is -2.11. The molecule has 0 radical (unpaired) electrons. The standard InChI is InChI=1S/C20H20N4O3/c1-13(2)15-8-10-16(11-9-15)27-20-18(24(25)26)19(21-12-22-20)23-17-7-5-4-6-14(17)3/h4-13H,1-3H3,(H,21,22,23). The van der Waals surface area contributed by atoms with Crippen molar-refractivity contribution in [3.63, 3.8) is 0 Å². The molecule has 0 unspecified atom stereocenters. The van der Waals surface area contributed by atoms with Crippen LogP contribution in [-0.4, -0.2) is 14.9 Å². The molecule has 3 aromatic rings. The number of ether oxygens (including phenoxy) is 1. The summed E-state index contributed by atoms with van der Waals surface area (Å²) < 4.78 is 5.68. The van der Waals surface area contributed by atoms with Gasteiger partial charge >= 0.3 is 11.6 Å². The van der Waals surface area contributed by atoms with E-state index in [4.69, 9.17) is 4.74 Å². The maximum Gasteiger partial charge on any atom is 0.373 e. The molecule has 0 bridgehead atoms. The van der Waals surface area contributed by atoms with Gasteiger partial charge in [-0.3, -0.25) is 10.1 Å². The van der Waals surface area contributed by atoms with Crippen molar-refractivity contribution in [3.8, 4) is 11.6 Å². The Morgan fingerprint density at radius 1 is 1.07 bits per heavy atom.